The lowest BCUT2D eigenvalue weighted by molar-refractivity contribution is -0.286. The van der Waals surface area contributed by atoms with Gasteiger partial charge < -0.3 is 10.6 Å². The first kappa shape index (κ1) is 21.5. The van der Waals surface area contributed by atoms with Crippen LogP contribution < -0.4 is 10.6 Å². The lowest BCUT2D eigenvalue weighted by atomic mass is 9.98. The third kappa shape index (κ3) is 3.39. The van der Waals surface area contributed by atoms with Crippen molar-refractivity contribution in [3.05, 3.63) is 41.7 Å². The number of halogens is 11. The normalized spacial score (nSPS) is 12.7. The Hall–Kier alpha value is -2.54. The van der Waals surface area contributed by atoms with Gasteiger partial charge in [0.1, 0.15) is 5.69 Å². The molecular weight excluding hydrogens is 397 g/mol. The van der Waals surface area contributed by atoms with Crippen LogP contribution in [0.4, 0.5) is 58.8 Å². The second kappa shape index (κ2) is 6.64. The molecule has 14 heteroatoms. The van der Waals surface area contributed by atoms with Gasteiger partial charge in [-0.05, 0) is 6.08 Å². The number of anilines is 1. The first-order valence-electron chi connectivity index (χ1n) is 5.98. The van der Waals surface area contributed by atoms with Gasteiger partial charge in [0.2, 0.25) is 5.82 Å². The van der Waals surface area contributed by atoms with Crippen LogP contribution in [0.5, 0.6) is 0 Å². The van der Waals surface area contributed by atoms with Gasteiger partial charge in [0.25, 0.3) is 5.54 Å². The zero-order valence-corrected chi connectivity index (χ0v) is 11.9. The first-order valence-corrected chi connectivity index (χ1v) is 5.98. The van der Waals surface area contributed by atoms with E-state index < -0.39 is 64.8 Å². The lowest BCUT2D eigenvalue weighted by Gasteiger charge is -2.35. The first-order chi connectivity index (χ1) is 11.6. The topological polar surface area (TPSA) is 41.1 Å². The van der Waals surface area contributed by atoms with E-state index in [4.69, 9.17) is 0 Å². The average Bonchev–Trinajstić information content (AvgIpc) is 2.50. The highest BCUT2D eigenvalue weighted by atomic mass is 19.4. The van der Waals surface area contributed by atoms with Crippen LogP contribution in [-0.2, 0) is 0 Å². The van der Waals surface area contributed by atoms with Gasteiger partial charge in [-0.1, -0.05) is 0 Å². The summed E-state index contributed by atoms with van der Waals surface area (Å²) in [6.45, 7) is 2.30. The van der Waals surface area contributed by atoms with Crippen LogP contribution in [0.2, 0.25) is 0 Å². The van der Waals surface area contributed by atoms with Crippen LogP contribution >= 0.6 is 0 Å². The molecule has 0 atom stereocenters. The summed E-state index contributed by atoms with van der Waals surface area (Å²) in [5.74, 6) is -13.2. The standard InChI is InChI=1S/C12H5F11N2O/c1-2-10(11(18,19)20,12(21,22)23)25-9(26)24-8-6(16)4(14)3(13)5(15)7(8)17/h2H,1H2,(H2,24,25,26). The maximum atomic E-state index is 13.3. The molecule has 0 saturated carbocycles. The third-order valence-electron chi connectivity index (χ3n) is 2.96. The van der Waals surface area contributed by atoms with E-state index in [0.29, 0.717) is 5.32 Å². The molecule has 3 nitrogen and oxygen atoms in total. The molecule has 0 aromatic heterocycles. The number of hydrogen-bond donors (Lipinski definition) is 2. The maximum absolute atomic E-state index is 13.3. The number of rotatable bonds is 3. The third-order valence-corrected chi connectivity index (χ3v) is 2.96. The van der Waals surface area contributed by atoms with Gasteiger partial charge in [0, 0.05) is 0 Å². The molecule has 146 valence electrons. The fraction of sp³-hybridized carbons (Fsp3) is 0.250. The number of carbonyl (C=O) groups is 1. The highest BCUT2D eigenvalue weighted by Crippen LogP contribution is 2.44. The van der Waals surface area contributed by atoms with E-state index in [-0.39, 0.29) is 0 Å². The number of benzene rings is 1. The van der Waals surface area contributed by atoms with Crippen LogP contribution in [0.25, 0.3) is 0 Å². The van der Waals surface area contributed by atoms with Crippen molar-refractivity contribution < 1.29 is 53.1 Å². The Kier molecular flexibility index (Phi) is 5.49. The van der Waals surface area contributed by atoms with Crippen molar-refractivity contribution in [2.45, 2.75) is 17.9 Å². The molecule has 2 N–H and O–H groups in total. The summed E-state index contributed by atoms with van der Waals surface area (Å²) < 4.78 is 142. The summed E-state index contributed by atoms with van der Waals surface area (Å²) in [5, 5.41) is 1.05. The Morgan fingerprint density at radius 2 is 1.12 bits per heavy atom. The van der Waals surface area contributed by atoms with Gasteiger partial charge in [0.05, 0.1) is 0 Å². The highest BCUT2D eigenvalue weighted by molar-refractivity contribution is 5.90. The Labute approximate surface area is 136 Å². The van der Waals surface area contributed by atoms with Crippen molar-refractivity contribution in [1.82, 2.24) is 5.32 Å². The number of carbonyl (C=O) groups excluding carboxylic acids is 1. The summed E-state index contributed by atoms with van der Waals surface area (Å²) in [5.41, 5.74) is -7.21. The van der Waals surface area contributed by atoms with Crippen LogP contribution in [0.15, 0.2) is 12.7 Å². The molecule has 0 fully saturated rings. The Bertz CT molecular complexity index is 695. The van der Waals surface area contributed by atoms with Crippen molar-refractivity contribution >= 4 is 11.7 Å². The molecule has 0 saturated heterocycles. The number of urea groups is 1. The second-order valence-corrected chi connectivity index (χ2v) is 4.53. The van der Waals surface area contributed by atoms with Crippen LogP contribution in [0, 0.1) is 29.1 Å². The van der Waals surface area contributed by atoms with Crippen molar-refractivity contribution in [2.75, 3.05) is 5.32 Å². The van der Waals surface area contributed by atoms with Crippen molar-refractivity contribution in [2.24, 2.45) is 0 Å². The van der Waals surface area contributed by atoms with E-state index >= 15 is 0 Å². The summed E-state index contributed by atoms with van der Waals surface area (Å²) in [6.07, 6.45) is -13.2. The van der Waals surface area contributed by atoms with E-state index in [1.54, 1.807) is 0 Å². The maximum Gasteiger partial charge on any atom is 0.424 e. The molecule has 0 spiro atoms. The number of nitrogens with one attached hydrogen (secondary N) is 2. The molecule has 0 unspecified atom stereocenters. The molecule has 0 bridgehead atoms. The Balaban J connectivity index is 3.34. The van der Waals surface area contributed by atoms with Gasteiger partial charge in [0.15, 0.2) is 23.3 Å². The van der Waals surface area contributed by atoms with Crippen molar-refractivity contribution in [3.8, 4) is 0 Å². The SMILES string of the molecule is C=CC(NC(=O)Nc1c(F)c(F)c(F)c(F)c1F)(C(F)(F)F)C(F)(F)F. The second-order valence-electron chi connectivity index (χ2n) is 4.53. The molecule has 2 amide bonds. The lowest BCUT2D eigenvalue weighted by Crippen LogP contribution is -2.66. The molecule has 1 rings (SSSR count). The Morgan fingerprint density at radius 1 is 0.769 bits per heavy atom. The number of alkyl halides is 6. The summed E-state index contributed by atoms with van der Waals surface area (Å²) >= 11 is 0. The monoisotopic (exact) mass is 402 g/mol. The summed E-state index contributed by atoms with van der Waals surface area (Å²) in [6, 6.07) is -2.57. The Morgan fingerprint density at radius 3 is 1.42 bits per heavy atom. The minimum Gasteiger partial charge on any atom is -0.313 e. The molecule has 0 aliphatic rings. The largest absolute Gasteiger partial charge is 0.424 e. The smallest absolute Gasteiger partial charge is 0.313 e. The quantitative estimate of drug-likeness (QED) is 0.331. The minimum absolute atomic E-state index is 0.326. The highest BCUT2D eigenvalue weighted by Gasteiger charge is 2.70. The molecule has 0 radical (unpaired) electrons. The van der Waals surface area contributed by atoms with Crippen LogP contribution in [0.1, 0.15) is 0 Å². The van der Waals surface area contributed by atoms with E-state index in [9.17, 15) is 53.1 Å². The molecular formula is C12H5F11N2O. The zero-order valence-electron chi connectivity index (χ0n) is 11.9. The molecule has 0 heterocycles. The van der Waals surface area contributed by atoms with E-state index in [0.717, 1.165) is 5.32 Å². The molecule has 26 heavy (non-hydrogen) atoms. The predicted molar refractivity (Wildman–Crippen MR) is 63.4 cm³/mol. The van der Waals surface area contributed by atoms with E-state index in [1.807, 2.05) is 0 Å². The predicted octanol–water partition coefficient (Wildman–Crippen LogP) is 4.55. The summed E-state index contributed by atoms with van der Waals surface area (Å²) in [7, 11) is 0. The van der Waals surface area contributed by atoms with Gasteiger partial charge in [-0.2, -0.15) is 26.3 Å². The molecule has 1 aromatic rings. The average molecular weight is 402 g/mol. The zero-order chi connectivity index (χ0) is 20.7. The fourth-order valence-electron chi connectivity index (χ4n) is 1.62. The van der Waals surface area contributed by atoms with Gasteiger partial charge in [-0.3, -0.25) is 0 Å². The van der Waals surface area contributed by atoms with E-state index in [2.05, 4.69) is 6.58 Å². The van der Waals surface area contributed by atoms with Crippen molar-refractivity contribution in [1.29, 1.82) is 0 Å². The van der Waals surface area contributed by atoms with Crippen LogP contribution in [-0.4, -0.2) is 23.9 Å². The molecule has 0 aliphatic heterocycles. The fourth-order valence-corrected chi connectivity index (χ4v) is 1.62. The van der Waals surface area contributed by atoms with Crippen LogP contribution in [0.3, 0.4) is 0 Å². The summed E-state index contributed by atoms with van der Waals surface area (Å²) in [4.78, 5) is 11.4. The molecule has 1 aromatic carbocycles. The number of hydrogen-bond acceptors (Lipinski definition) is 1. The van der Waals surface area contributed by atoms with Gasteiger partial charge in [-0.15, -0.1) is 6.58 Å². The van der Waals surface area contributed by atoms with E-state index in [1.165, 1.54) is 0 Å². The number of amides is 2. The molecule has 0 aliphatic carbocycles. The minimum atomic E-state index is -6.21. The van der Waals surface area contributed by atoms with Gasteiger partial charge >= 0.3 is 18.4 Å². The van der Waals surface area contributed by atoms with Crippen molar-refractivity contribution in [3.63, 3.8) is 0 Å². The van der Waals surface area contributed by atoms with Gasteiger partial charge in [-0.25, -0.2) is 26.7 Å².